The van der Waals surface area contributed by atoms with Crippen molar-refractivity contribution in [3.8, 4) is 5.75 Å². The van der Waals surface area contributed by atoms with Crippen LogP contribution in [-0.2, 0) is 14.3 Å². The van der Waals surface area contributed by atoms with E-state index in [2.05, 4.69) is 10.6 Å². The Kier molecular flexibility index (Phi) is 5.66. The summed E-state index contributed by atoms with van der Waals surface area (Å²) in [5.74, 6) is 0.733. The first kappa shape index (κ1) is 16.7. The van der Waals surface area contributed by atoms with E-state index < -0.39 is 0 Å². The van der Waals surface area contributed by atoms with Crippen LogP contribution in [0.2, 0.25) is 0 Å². The number of rotatable bonds is 6. The fraction of sp³-hybridized carbons (Fsp3) is 0.529. The minimum Gasteiger partial charge on any atom is -0.492 e. The number of hydrogen-bond donors (Lipinski definition) is 2. The van der Waals surface area contributed by atoms with Gasteiger partial charge in [0.25, 0.3) is 0 Å². The van der Waals surface area contributed by atoms with Gasteiger partial charge in [0, 0.05) is 19.5 Å². The Morgan fingerprint density at radius 3 is 2.96 bits per heavy atom. The summed E-state index contributed by atoms with van der Waals surface area (Å²) in [7, 11) is 0. The van der Waals surface area contributed by atoms with E-state index in [1.54, 1.807) is 4.90 Å². The summed E-state index contributed by atoms with van der Waals surface area (Å²) in [5, 5.41) is 6.04. The van der Waals surface area contributed by atoms with Crippen LogP contribution >= 0.6 is 0 Å². The molecular weight excluding hydrogens is 310 g/mol. The Labute approximate surface area is 141 Å². The van der Waals surface area contributed by atoms with Gasteiger partial charge in [0.15, 0.2) is 0 Å². The van der Waals surface area contributed by atoms with Gasteiger partial charge in [-0.15, -0.1) is 0 Å². The molecule has 2 unspecified atom stereocenters. The minimum atomic E-state index is -0.329. The van der Waals surface area contributed by atoms with Gasteiger partial charge >= 0.3 is 0 Å². The molecule has 1 aromatic carbocycles. The van der Waals surface area contributed by atoms with Crippen molar-refractivity contribution in [2.24, 2.45) is 0 Å². The first-order chi connectivity index (χ1) is 11.7. The first-order valence-corrected chi connectivity index (χ1v) is 8.29. The van der Waals surface area contributed by atoms with E-state index in [1.165, 1.54) is 0 Å². The van der Waals surface area contributed by atoms with E-state index in [0.717, 1.165) is 5.75 Å². The number of carbonyl (C=O) groups excluding carboxylic acids is 2. The third kappa shape index (κ3) is 4.46. The van der Waals surface area contributed by atoms with Crippen LogP contribution in [0.25, 0.3) is 0 Å². The van der Waals surface area contributed by atoms with E-state index in [1.807, 2.05) is 30.3 Å². The molecule has 0 spiro atoms. The lowest BCUT2D eigenvalue weighted by Crippen LogP contribution is -2.53. The molecule has 0 aromatic heterocycles. The third-order valence-electron chi connectivity index (χ3n) is 4.17. The standard InChI is InChI=1S/C17H23N3O4/c21-16-10-13(19-17(22)15-12-23-8-6-18-15)11-20(16)7-9-24-14-4-2-1-3-5-14/h1-5,13,15,18H,6-12H2,(H,19,22). The monoisotopic (exact) mass is 333 g/mol. The molecule has 7 nitrogen and oxygen atoms in total. The van der Waals surface area contributed by atoms with Gasteiger partial charge in [-0.05, 0) is 12.1 Å². The van der Waals surface area contributed by atoms with Crippen molar-refractivity contribution in [1.29, 1.82) is 0 Å². The van der Waals surface area contributed by atoms with Crippen LogP contribution in [0.3, 0.4) is 0 Å². The zero-order valence-corrected chi connectivity index (χ0v) is 13.6. The highest BCUT2D eigenvalue weighted by Crippen LogP contribution is 2.13. The third-order valence-corrected chi connectivity index (χ3v) is 4.17. The lowest BCUT2D eigenvalue weighted by Gasteiger charge is -2.24. The van der Waals surface area contributed by atoms with Crippen LogP contribution in [0, 0.1) is 0 Å². The van der Waals surface area contributed by atoms with Gasteiger partial charge in [-0.1, -0.05) is 18.2 Å². The maximum Gasteiger partial charge on any atom is 0.239 e. The molecule has 2 aliphatic rings. The van der Waals surface area contributed by atoms with Crippen LogP contribution in [-0.4, -0.2) is 68.3 Å². The molecule has 24 heavy (non-hydrogen) atoms. The summed E-state index contributed by atoms with van der Waals surface area (Å²) in [6.45, 7) is 3.16. The number of para-hydroxylation sites is 1. The molecule has 2 fully saturated rings. The molecule has 0 aliphatic carbocycles. The zero-order valence-electron chi connectivity index (χ0n) is 13.6. The van der Waals surface area contributed by atoms with E-state index in [4.69, 9.17) is 9.47 Å². The number of ether oxygens (including phenoxy) is 2. The number of carbonyl (C=O) groups is 2. The van der Waals surface area contributed by atoms with E-state index in [9.17, 15) is 9.59 Å². The minimum absolute atomic E-state index is 0.0461. The normalized spacial score (nSPS) is 24.0. The molecule has 0 radical (unpaired) electrons. The predicted molar refractivity (Wildman–Crippen MR) is 87.7 cm³/mol. The molecule has 0 saturated carbocycles. The average molecular weight is 333 g/mol. The fourth-order valence-corrected chi connectivity index (χ4v) is 2.91. The molecule has 3 rings (SSSR count). The van der Waals surface area contributed by atoms with Crippen molar-refractivity contribution >= 4 is 11.8 Å². The van der Waals surface area contributed by atoms with Gasteiger partial charge < -0.3 is 25.0 Å². The molecule has 2 atom stereocenters. The molecule has 7 heteroatoms. The SMILES string of the molecule is O=C(NC1CC(=O)N(CCOc2ccccc2)C1)C1COCCN1. The number of hydrogen-bond acceptors (Lipinski definition) is 5. The number of nitrogens with zero attached hydrogens (tertiary/aromatic N) is 1. The van der Waals surface area contributed by atoms with Crippen molar-refractivity contribution in [3.63, 3.8) is 0 Å². The maximum atomic E-state index is 12.2. The second-order valence-corrected chi connectivity index (χ2v) is 5.99. The number of nitrogens with one attached hydrogen (secondary N) is 2. The van der Waals surface area contributed by atoms with Crippen molar-refractivity contribution in [2.45, 2.75) is 18.5 Å². The number of morpholine rings is 1. The lowest BCUT2D eigenvalue weighted by molar-refractivity contribution is -0.128. The van der Waals surface area contributed by atoms with Crippen LogP contribution in [0.1, 0.15) is 6.42 Å². The summed E-state index contributed by atoms with van der Waals surface area (Å²) in [5.41, 5.74) is 0. The number of amides is 2. The van der Waals surface area contributed by atoms with Crippen molar-refractivity contribution in [2.75, 3.05) is 39.5 Å². The average Bonchev–Trinajstić information content (AvgIpc) is 2.96. The quantitative estimate of drug-likeness (QED) is 0.752. The molecule has 0 bridgehead atoms. The van der Waals surface area contributed by atoms with Crippen LogP contribution < -0.4 is 15.4 Å². The molecule has 2 saturated heterocycles. The van der Waals surface area contributed by atoms with E-state index in [-0.39, 0.29) is 23.9 Å². The Balaban J connectivity index is 1.41. The van der Waals surface area contributed by atoms with Gasteiger partial charge in [0.1, 0.15) is 18.4 Å². The summed E-state index contributed by atoms with van der Waals surface area (Å²) in [6.07, 6.45) is 0.338. The van der Waals surface area contributed by atoms with Crippen LogP contribution in [0.5, 0.6) is 5.75 Å². The zero-order chi connectivity index (χ0) is 16.8. The van der Waals surface area contributed by atoms with E-state index >= 15 is 0 Å². The van der Waals surface area contributed by atoms with Crippen molar-refractivity contribution < 1.29 is 19.1 Å². The van der Waals surface area contributed by atoms with Gasteiger partial charge in [0.05, 0.1) is 25.8 Å². The Bertz CT molecular complexity index is 560. The molecule has 2 N–H and O–H groups in total. The smallest absolute Gasteiger partial charge is 0.239 e. The summed E-state index contributed by atoms with van der Waals surface area (Å²) in [6, 6.07) is 9.03. The number of likely N-dealkylation sites (tertiary alicyclic amines) is 1. The molecule has 2 amide bonds. The Morgan fingerprint density at radius 2 is 2.21 bits per heavy atom. The molecule has 130 valence electrons. The van der Waals surface area contributed by atoms with Crippen molar-refractivity contribution in [3.05, 3.63) is 30.3 Å². The maximum absolute atomic E-state index is 12.2. The number of benzene rings is 1. The highest BCUT2D eigenvalue weighted by atomic mass is 16.5. The second-order valence-electron chi connectivity index (χ2n) is 5.99. The molecular formula is C17H23N3O4. The van der Waals surface area contributed by atoms with Crippen molar-refractivity contribution in [1.82, 2.24) is 15.5 Å². The molecule has 2 aliphatic heterocycles. The first-order valence-electron chi connectivity index (χ1n) is 8.29. The summed E-state index contributed by atoms with van der Waals surface area (Å²) < 4.78 is 10.9. The Hall–Kier alpha value is -2.12. The van der Waals surface area contributed by atoms with Gasteiger partial charge in [-0.3, -0.25) is 9.59 Å². The van der Waals surface area contributed by atoms with Crippen LogP contribution in [0.4, 0.5) is 0 Å². The van der Waals surface area contributed by atoms with Gasteiger partial charge in [-0.2, -0.15) is 0 Å². The van der Waals surface area contributed by atoms with Gasteiger partial charge in [0.2, 0.25) is 11.8 Å². The topological polar surface area (TPSA) is 79.9 Å². The lowest BCUT2D eigenvalue weighted by atomic mass is 10.2. The summed E-state index contributed by atoms with van der Waals surface area (Å²) >= 11 is 0. The summed E-state index contributed by atoms with van der Waals surface area (Å²) in [4.78, 5) is 26.0. The highest BCUT2D eigenvalue weighted by Gasteiger charge is 2.32. The van der Waals surface area contributed by atoms with E-state index in [0.29, 0.717) is 45.9 Å². The van der Waals surface area contributed by atoms with Gasteiger partial charge in [-0.25, -0.2) is 0 Å². The second kappa shape index (κ2) is 8.12. The predicted octanol–water partition coefficient (Wildman–Crippen LogP) is -0.229. The highest BCUT2D eigenvalue weighted by molar-refractivity contribution is 5.85. The Morgan fingerprint density at radius 1 is 1.38 bits per heavy atom. The largest absolute Gasteiger partial charge is 0.492 e. The van der Waals surface area contributed by atoms with Crippen LogP contribution in [0.15, 0.2) is 30.3 Å². The molecule has 2 heterocycles. The fourth-order valence-electron chi connectivity index (χ4n) is 2.91. The molecule has 1 aromatic rings.